The van der Waals surface area contributed by atoms with Crippen molar-refractivity contribution in [3.63, 3.8) is 0 Å². The van der Waals surface area contributed by atoms with Crippen LogP contribution in [0.2, 0.25) is 0 Å². The average Bonchev–Trinajstić information content (AvgIpc) is 3.25. The fraction of sp³-hybridized carbons (Fsp3) is 0.464. The quantitative estimate of drug-likeness (QED) is 0.198. The molecule has 0 unspecified atom stereocenters. The number of nitrogens with two attached hydrogens (primary N) is 1. The first-order valence-electron chi connectivity index (χ1n) is 12.8. The molecule has 6 atom stereocenters. The molecule has 1 saturated heterocycles. The third-order valence-electron chi connectivity index (χ3n) is 7.75. The van der Waals surface area contributed by atoms with Crippen LogP contribution < -0.4 is 16.4 Å². The van der Waals surface area contributed by atoms with E-state index < -0.39 is 53.6 Å². The highest BCUT2D eigenvalue weighted by Gasteiger charge is 2.78. The highest BCUT2D eigenvalue weighted by molar-refractivity contribution is 5.95. The summed E-state index contributed by atoms with van der Waals surface area (Å²) >= 11 is 0. The molecule has 1 heterocycles. The first kappa shape index (κ1) is 30.8. The van der Waals surface area contributed by atoms with Crippen LogP contribution in [0.15, 0.2) is 42.5 Å². The molecule has 2 aliphatic rings. The maximum Gasteiger partial charge on any atom is 0.408 e. The number of alkyl carbamates (subject to hydrolysis) is 1. The molecule has 1 spiro atoms. The Hall–Kier alpha value is -3.71. The number of carbonyl (C=O) groups excluding carboxylic acids is 3. The molecule has 1 aliphatic carbocycles. The van der Waals surface area contributed by atoms with Gasteiger partial charge < -0.3 is 46.3 Å². The zero-order valence-electron chi connectivity index (χ0n) is 23.1. The Morgan fingerprint density at radius 1 is 1.20 bits per heavy atom. The number of ether oxygens (including phenoxy) is 2. The van der Waals surface area contributed by atoms with Crippen LogP contribution in [0.3, 0.4) is 0 Å². The van der Waals surface area contributed by atoms with Crippen LogP contribution in [0.5, 0.6) is 5.75 Å². The first-order chi connectivity index (χ1) is 18.7. The Balaban J connectivity index is 0.00000141. The van der Waals surface area contributed by atoms with E-state index in [-0.39, 0.29) is 23.7 Å². The lowest BCUT2D eigenvalue weighted by Gasteiger charge is -2.44. The molecule has 0 radical (unpaired) electrons. The molecule has 2 aromatic carbocycles. The highest BCUT2D eigenvalue weighted by atomic mass is 16.6. The Morgan fingerprint density at radius 3 is 2.38 bits per heavy atom. The number of aliphatic hydroxyl groups is 3. The van der Waals surface area contributed by atoms with Crippen molar-refractivity contribution >= 4 is 23.5 Å². The summed E-state index contributed by atoms with van der Waals surface area (Å²) in [5.74, 6) is -1.41. The zero-order valence-corrected chi connectivity index (χ0v) is 23.1. The van der Waals surface area contributed by atoms with E-state index in [4.69, 9.17) is 20.3 Å². The minimum absolute atomic E-state index is 0.0905. The standard InChI is InChI=1S/C26H31N3O8.C2H6O/c1-13-7-5-10-18(31)19(13)22(32)36-12-25(35)21(28-17-9-6-8-16(11-17)14(2)30)20(27)26(24(25,4)34)15(3)37-23(33)29-26;1-2-3/h5-11,15,20-21,28,31,34-35H,12,27H2,1-4H3,(H,29,33);3H,2H2,1H3/t15-,20-,21-,24-,25+,26-;/m0./s1. The molecule has 0 bridgehead atoms. The van der Waals surface area contributed by atoms with E-state index in [9.17, 15) is 29.7 Å². The van der Waals surface area contributed by atoms with Crippen LogP contribution in [0.25, 0.3) is 0 Å². The summed E-state index contributed by atoms with van der Waals surface area (Å²) in [6.07, 6.45) is -1.80. The van der Waals surface area contributed by atoms with E-state index in [1.807, 2.05) is 0 Å². The molecule has 4 rings (SSSR count). The predicted molar refractivity (Wildman–Crippen MR) is 145 cm³/mol. The maximum absolute atomic E-state index is 12.9. The summed E-state index contributed by atoms with van der Waals surface area (Å²) < 4.78 is 10.7. The van der Waals surface area contributed by atoms with Crippen molar-refractivity contribution in [1.82, 2.24) is 5.32 Å². The zero-order chi connectivity index (χ0) is 30.0. The van der Waals surface area contributed by atoms with Gasteiger partial charge in [-0.2, -0.15) is 0 Å². The fourth-order valence-corrected chi connectivity index (χ4v) is 5.58. The molecule has 40 heavy (non-hydrogen) atoms. The van der Waals surface area contributed by atoms with Gasteiger partial charge in [0.2, 0.25) is 0 Å². The second-order valence-electron chi connectivity index (χ2n) is 10.2. The molecule has 2 fully saturated rings. The van der Waals surface area contributed by atoms with Crippen molar-refractivity contribution in [3.8, 4) is 5.75 Å². The molecule has 1 saturated carbocycles. The summed E-state index contributed by atoms with van der Waals surface area (Å²) in [6, 6.07) is 8.61. The minimum atomic E-state index is -2.28. The third-order valence-corrected chi connectivity index (χ3v) is 7.75. The van der Waals surface area contributed by atoms with Crippen LogP contribution >= 0.6 is 0 Å². The Bertz CT molecular complexity index is 1260. The van der Waals surface area contributed by atoms with Crippen molar-refractivity contribution < 1.29 is 44.3 Å². The number of aromatic hydroxyl groups is 1. The molecule has 12 heteroatoms. The van der Waals surface area contributed by atoms with E-state index in [1.165, 1.54) is 26.8 Å². The van der Waals surface area contributed by atoms with Gasteiger partial charge in [0.1, 0.15) is 35.2 Å². The van der Waals surface area contributed by atoms with Crippen molar-refractivity contribution in [3.05, 3.63) is 59.2 Å². The summed E-state index contributed by atoms with van der Waals surface area (Å²) in [7, 11) is 0. The molecular weight excluding hydrogens is 522 g/mol. The number of Topliss-reactive ketones (excluding diaryl/α,β-unsaturated/α-hetero) is 1. The fourth-order valence-electron chi connectivity index (χ4n) is 5.58. The van der Waals surface area contributed by atoms with Crippen molar-refractivity contribution in [2.45, 2.75) is 69.5 Å². The van der Waals surface area contributed by atoms with Gasteiger partial charge >= 0.3 is 12.1 Å². The highest BCUT2D eigenvalue weighted by Crippen LogP contribution is 2.51. The molecule has 12 nitrogen and oxygen atoms in total. The molecule has 2 aromatic rings. The number of ketones is 1. The molecular formula is C28H37N3O9. The van der Waals surface area contributed by atoms with E-state index in [2.05, 4.69) is 10.6 Å². The van der Waals surface area contributed by atoms with Crippen molar-refractivity contribution in [1.29, 1.82) is 0 Å². The van der Waals surface area contributed by atoms with Gasteiger partial charge in [-0.1, -0.05) is 24.3 Å². The number of hydrogen-bond acceptors (Lipinski definition) is 11. The van der Waals surface area contributed by atoms with Gasteiger partial charge in [0, 0.05) is 17.9 Å². The number of aryl methyl sites for hydroxylation is 1. The number of anilines is 1. The van der Waals surface area contributed by atoms with Crippen LogP contribution in [0.4, 0.5) is 10.5 Å². The number of esters is 1. The SMILES string of the molecule is CC(=O)c1cccc(N[C@H]2[C@H](N)[C@]3(NC(=O)O[C@H]3C)[C@@](C)(O)[C@@]2(O)COC(=O)c2c(C)cccc2O)c1.CCO. The number of cyclic esters (lactones) is 1. The number of benzene rings is 2. The number of phenols is 1. The number of phenolic OH excluding ortho intramolecular Hbond substituents is 1. The van der Waals surface area contributed by atoms with Gasteiger partial charge in [0.25, 0.3) is 0 Å². The smallest absolute Gasteiger partial charge is 0.408 e. The van der Waals surface area contributed by atoms with E-state index in [0.29, 0.717) is 16.8 Å². The summed E-state index contributed by atoms with van der Waals surface area (Å²) in [4.78, 5) is 37.0. The van der Waals surface area contributed by atoms with Crippen molar-refractivity contribution in [2.24, 2.45) is 5.73 Å². The largest absolute Gasteiger partial charge is 0.507 e. The number of aliphatic hydroxyl groups excluding tert-OH is 1. The molecule has 1 amide bonds. The van der Waals surface area contributed by atoms with Crippen LogP contribution in [-0.4, -0.2) is 86.4 Å². The monoisotopic (exact) mass is 559 g/mol. The number of amides is 1. The summed E-state index contributed by atoms with van der Waals surface area (Å²) in [5, 5.41) is 47.3. The number of nitrogens with one attached hydrogen (secondary N) is 2. The summed E-state index contributed by atoms with van der Waals surface area (Å²) in [6.45, 7) is 7.01. The average molecular weight is 560 g/mol. The van der Waals surface area contributed by atoms with Gasteiger partial charge in [-0.15, -0.1) is 0 Å². The number of carbonyl (C=O) groups is 3. The third kappa shape index (κ3) is 4.99. The van der Waals surface area contributed by atoms with Gasteiger partial charge in [-0.3, -0.25) is 4.79 Å². The van der Waals surface area contributed by atoms with Crippen LogP contribution in [-0.2, 0) is 9.47 Å². The normalized spacial score (nSPS) is 30.6. The van der Waals surface area contributed by atoms with E-state index in [0.717, 1.165) is 0 Å². The second-order valence-corrected chi connectivity index (χ2v) is 10.2. The number of hydrogen-bond donors (Lipinski definition) is 7. The van der Waals surface area contributed by atoms with Gasteiger partial charge in [-0.25, -0.2) is 9.59 Å². The Kier molecular flexibility index (Phi) is 8.80. The van der Waals surface area contributed by atoms with Crippen LogP contribution in [0.1, 0.15) is 54.0 Å². The van der Waals surface area contributed by atoms with E-state index >= 15 is 0 Å². The van der Waals surface area contributed by atoms with Crippen molar-refractivity contribution in [2.75, 3.05) is 18.5 Å². The lowest BCUT2D eigenvalue weighted by molar-refractivity contribution is -0.177. The van der Waals surface area contributed by atoms with Gasteiger partial charge in [0.15, 0.2) is 11.4 Å². The second kappa shape index (κ2) is 11.4. The summed E-state index contributed by atoms with van der Waals surface area (Å²) in [5.41, 5.74) is 1.63. The predicted octanol–water partition coefficient (Wildman–Crippen LogP) is 1.23. The molecule has 218 valence electrons. The molecule has 1 aliphatic heterocycles. The topological polar surface area (TPSA) is 201 Å². The lowest BCUT2D eigenvalue weighted by atomic mass is 9.74. The minimum Gasteiger partial charge on any atom is -0.507 e. The first-order valence-corrected chi connectivity index (χ1v) is 12.8. The maximum atomic E-state index is 12.9. The van der Waals surface area contributed by atoms with E-state index in [1.54, 1.807) is 50.2 Å². The molecule has 0 aromatic heterocycles. The van der Waals surface area contributed by atoms with Gasteiger partial charge in [-0.05, 0) is 58.4 Å². The molecule has 8 N–H and O–H groups in total. The number of rotatable bonds is 6. The Labute approximate surface area is 232 Å². The van der Waals surface area contributed by atoms with Crippen LogP contribution in [0, 0.1) is 6.92 Å². The Morgan fingerprint density at radius 2 is 1.82 bits per heavy atom. The van der Waals surface area contributed by atoms with Gasteiger partial charge in [0.05, 0.1) is 12.1 Å². The lowest BCUT2D eigenvalue weighted by Crippen LogP contribution is -2.72.